The van der Waals surface area contributed by atoms with Gasteiger partial charge >= 0.3 is 0 Å². The van der Waals surface area contributed by atoms with Crippen molar-refractivity contribution >= 4 is 22.5 Å². The molecule has 1 fully saturated rings. The lowest BCUT2D eigenvalue weighted by molar-refractivity contribution is -0.383. The Balaban J connectivity index is 1.62. The molecule has 9 heteroatoms. The molecule has 4 aromatic rings. The van der Waals surface area contributed by atoms with Crippen molar-refractivity contribution < 1.29 is 4.92 Å². The number of imidazole rings is 1. The summed E-state index contributed by atoms with van der Waals surface area (Å²) in [6.07, 6.45) is 5.99. The zero-order valence-electron chi connectivity index (χ0n) is 18.3. The van der Waals surface area contributed by atoms with Crippen molar-refractivity contribution in [2.45, 2.75) is 45.3 Å². The smallest absolute Gasteiger partial charge is 0.295 e. The number of hydrogen-bond acceptors (Lipinski definition) is 6. The Morgan fingerprint density at radius 1 is 1.12 bits per heavy atom. The Morgan fingerprint density at radius 3 is 2.53 bits per heavy atom. The molecule has 5 rings (SSSR count). The standard InChI is InChI=1S/C23H25N7O2/c1-15-7-8-16(2)29(15)21-10-9-17(13-24-21)23-25-19-5-4-6-20(30(31)32)22(19)28(23)14-18-11-12-27(3)26-18/h4-6,9-13,15-16H,7-8,14H2,1-3H3/t15-,16-/m0/s1. The molecule has 32 heavy (non-hydrogen) atoms. The van der Waals surface area contributed by atoms with Crippen molar-refractivity contribution in [3.05, 3.63) is 64.6 Å². The quantitative estimate of drug-likeness (QED) is 0.348. The third-order valence-electron chi connectivity index (χ3n) is 6.25. The Labute approximate surface area is 185 Å². The van der Waals surface area contributed by atoms with Crippen LogP contribution in [0.15, 0.2) is 48.8 Å². The Hall–Kier alpha value is -3.75. The summed E-state index contributed by atoms with van der Waals surface area (Å²) in [5.74, 6) is 1.59. The lowest BCUT2D eigenvalue weighted by Crippen LogP contribution is -2.33. The van der Waals surface area contributed by atoms with Gasteiger partial charge in [0.25, 0.3) is 5.69 Å². The van der Waals surface area contributed by atoms with Gasteiger partial charge in [0.1, 0.15) is 17.2 Å². The van der Waals surface area contributed by atoms with Gasteiger partial charge in [-0.1, -0.05) is 6.07 Å². The third-order valence-corrected chi connectivity index (χ3v) is 6.25. The number of anilines is 1. The molecule has 0 N–H and O–H groups in total. The van der Waals surface area contributed by atoms with E-state index < -0.39 is 0 Å². The van der Waals surface area contributed by atoms with E-state index in [1.54, 1.807) is 16.8 Å². The molecule has 1 aliphatic heterocycles. The van der Waals surface area contributed by atoms with E-state index in [1.165, 1.54) is 6.07 Å². The normalized spacial score (nSPS) is 18.5. The van der Waals surface area contributed by atoms with E-state index in [0.717, 1.165) is 29.9 Å². The van der Waals surface area contributed by atoms with E-state index >= 15 is 0 Å². The molecule has 1 saturated heterocycles. The molecule has 1 aliphatic rings. The predicted octanol–water partition coefficient (Wildman–Crippen LogP) is 4.17. The van der Waals surface area contributed by atoms with Crippen LogP contribution in [-0.2, 0) is 13.6 Å². The molecule has 0 saturated carbocycles. The van der Waals surface area contributed by atoms with Crippen LogP contribution in [0.4, 0.5) is 11.5 Å². The summed E-state index contributed by atoms with van der Waals surface area (Å²) in [4.78, 5) is 23.2. The molecule has 0 spiro atoms. The maximum absolute atomic E-state index is 11.7. The first-order valence-corrected chi connectivity index (χ1v) is 10.8. The molecule has 0 radical (unpaired) electrons. The van der Waals surface area contributed by atoms with Gasteiger partial charge in [-0.2, -0.15) is 5.10 Å². The lowest BCUT2D eigenvalue weighted by atomic mass is 10.2. The van der Waals surface area contributed by atoms with Gasteiger partial charge in [-0.3, -0.25) is 14.8 Å². The fraction of sp³-hybridized carbons (Fsp3) is 0.348. The van der Waals surface area contributed by atoms with Gasteiger partial charge in [0.05, 0.1) is 22.7 Å². The molecule has 9 nitrogen and oxygen atoms in total. The first kappa shape index (κ1) is 20.2. The van der Waals surface area contributed by atoms with Gasteiger partial charge in [0.2, 0.25) is 0 Å². The first-order valence-electron chi connectivity index (χ1n) is 10.8. The third kappa shape index (κ3) is 3.39. The number of nitrogens with zero attached hydrogens (tertiary/aromatic N) is 7. The van der Waals surface area contributed by atoms with Crippen LogP contribution >= 0.6 is 0 Å². The fourth-order valence-electron chi connectivity index (χ4n) is 4.72. The number of non-ortho nitro benzene ring substituents is 1. The van der Waals surface area contributed by atoms with E-state index in [4.69, 9.17) is 9.97 Å². The summed E-state index contributed by atoms with van der Waals surface area (Å²) in [5.41, 5.74) is 2.71. The Kier molecular flexibility index (Phi) is 4.88. The molecule has 164 valence electrons. The summed E-state index contributed by atoms with van der Waals surface area (Å²) in [7, 11) is 1.85. The van der Waals surface area contributed by atoms with Gasteiger partial charge in [-0.05, 0) is 51.0 Å². The van der Waals surface area contributed by atoms with Crippen LogP contribution in [0, 0.1) is 10.1 Å². The predicted molar refractivity (Wildman–Crippen MR) is 123 cm³/mol. The molecule has 1 aromatic carbocycles. The number of rotatable bonds is 5. The highest BCUT2D eigenvalue weighted by molar-refractivity contribution is 5.88. The van der Waals surface area contributed by atoms with Crippen molar-refractivity contribution in [3.63, 3.8) is 0 Å². The highest BCUT2D eigenvalue weighted by Crippen LogP contribution is 2.33. The molecule has 0 unspecified atom stereocenters. The number of aromatic nitrogens is 5. The molecule has 2 atom stereocenters. The van der Waals surface area contributed by atoms with Crippen LogP contribution in [0.5, 0.6) is 0 Å². The number of hydrogen-bond donors (Lipinski definition) is 0. The molecular formula is C23H25N7O2. The molecule has 0 aliphatic carbocycles. The average molecular weight is 432 g/mol. The van der Waals surface area contributed by atoms with Crippen molar-refractivity contribution in [2.24, 2.45) is 7.05 Å². The highest BCUT2D eigenvalue weighted by Gasteiger charge is 2.28. The maximum atomic E-state index is 11.7. The van der Waals surface area contributed by atoms with Gasteiger partial charge in [-0.15, -0.1) is 0 Å². The van der Waals surface area contributed by atoms with Crippen LogP contribution in [0.1, 0.15) is 32.4 Å². The number of fused-ring (bicyclic) bond motifs is 1. The SMILES string of the molecule is C[C@H]1CC[C@H](C)N1c1ccc(-c2nc3cccc([N+](=O)[O-])c3n2Cc2ccn(C)n2)cn1. The fourth-order valence-corrected chi connectivity index (χ4v) is 4.72. The van der Waals surface area contributed by atoms with Gasteiger partial charge in [-0.25, -0.2) is 9.97 Å². The molecular weight excluding hydrogens is 406 g/mol. The summed E-state index contributed by atoms with van der Waals surface area (Å²) in [6, 6.07) is 11.8. The molecule has 0 bridgehead atoms. The van der Waals surface area contributed by atoms with Gasteiger partial charge in [0, 0.05) is 43.2 Å². The van der Waals surface area contributed by atoms with E-state index in [9.17, 15) is 10.1 Å². The minimum Gasteiger partial charge on any atom is -0.351 e. The molecule has 0 amide bonds. The van der Waals surface area contributed by atoms with E-state index in [0.29, 0.717) is 35.5 Å². The number of nitro benzene ring substituents is 1. The number of para-hydroxylation sites is 1. The van der Waals surface area contributed by atoms with Crippen LogP contribution in [0.2, 0.25) is 0 Å². The largest absolute Gasteiger partial charge is 0.351 e. The Bertz CT molecular complexity index is 1280. The highest BCUT2D eigenvalue weighted by atomic mass is 16.6. The summed E-state index contributed by atoms with van der Waals surface area (Å²) >= 11 is 0. The zero-order chi connectivity index (χ0) is 22.4. The topological polar surface area (TPSA) is 94.9 Å². The monoisotopic (exact) mass is 431 g/mol. The van der Waals surface area contributed by atoms with E-state index in [1.807, 2.05) is 42.2 Å². The lowest BCUT2D eigenvalue weighted by Gasteiger charge is -2.27. The summed E-state index contributed by atoms with van der Waals surface area (Å²) < 4.78 is 3.59. The minimum absolute atomic E-state index is 0.0291. The van der Waals surface area contributed by atoms with Crippen molar-refractivity contribution in [1.29, 1.82) is 0 Å². The number of benzene rings is 1. The second-order valence-corrected chi connectivity index (χ2v) is 8.49. The number of aryl methyl sites for hydroxylation is 1. The van der Waals surface area contributed by atoms with E-state index in [-0.39, 0.29) is 10.6 Å². The number of nitro groups is 1. The van der Waals surface area contributed by atoms with Crippen molar-refractivity contribution in [1.82, 2.24) is 24.3 Å². The number of pyridine rings is 1. The van der Waals surface area contributed by atoms with Crippen LogP contribution in [0.25, 0.3) is 22.4 Å². The van der Waals surface area contributed by atoms with E-state index in [2.05, 4.69) is 23.8 Å². The Morgan fingerprint density at radius 2 is 1.91 bits per heavy atom. The average Bonchev–Trinajstić information content (AvgIpc) is 3.45. The molecule has 3 aromatic heterocycles. The van der Waals surface area contributed by atoms with Crippen molar-refractivity contribution in [2.75, 3.05) is 4.90 Å². The van der Waals surface area contributed by atoms with Crippen LogP contribution < -0.4 is 4.90 Å². The van der Waals surface area contributed by atoms with Crippen LogP contribution in [-0.4, -0.2) is 41.3 Å². The second-order valence-electron chi connectivity index (χ2n) is 8.49. The van der Waals surface area contributed by atoms with Crippen molar-refractivity contribution in [3.8, 4) is 11.4 Å². The summed E-state index contributed by atoms with van der Waals surface area (Å²) in [5, 5.41) is 16.2. The van der Waals surface area contributed by atoms with Gasteiger partial charge in [0.15, 0.2) is 0 Å². The first-order chi connectivity index (χ1) is 15.4. The minimum atomic E-state index is -0.361. The second kappa shape index (κ2) is 7.74. The van der Waals surface area contributed by atoms with Gasteiger partial charge < -0.3 is 9.47 Å². The molecule has 4 heterocycles. The maximum Gasteiger partial charge on any atom is 0.295 e. The summed E-state index contributed by atoms with van der Waals surface area (Å²) in [6.45, 7) is 4.83. The van der Waals surface area contributed by atoms with Crippen LogP contribution in [0.3, 0.4) is 0 Å². The zero-order valence-corrected chi connectivity index (χ0v) is 18.3.